The third-order valence-corrected chi connectivity index (χ3v) is 11.8. The van der Waals surface area contributed by atoms with Crippen LogP contribution >= 0.6 is 0 Å². The quantitative estimate of drug-likeness (QED) is 0.166. The van der Waals surface area contributed by atoms with Crippen molar-refractivity contribution < 1.29 is 0 Å². The van der Waals surface area contributed by atoms with Gasteiger partial charge < -0.3 is 18.6 Å². The van der Waals surface area contributed by atoms with Crippen LogP contribution in [0.5, 0.6) is 0 Å². The summed E-state index contributed by atoms with van der Waals surface area (Å²) >= 11 is 0. The number of nitrogens with zero attached hydrogens (tertiary/aromatic N) is 4. The van der Waals surface area contributed by atoms with E-state index in [-0.39, 0.29) is 0 Å². The normalized spacial score (nSPS) is 11.8. The SMILES string of the molecule is c1ccc(-n2c3ccccc3c3cc(N(c4ccc5c(c4)c4ccccc4n5-c4ccccc4)c4ccc5c(c4)c4ccccc4n5-c4ccccc4)ccc32)cc1. The Morgan fingerprint density at radius 3 is 0.793 bits per heavy atom. The van der Waals surface area contributed by atoms with E-state index in [9.17, 15) is 0 Å². The molecule has 0 spiro atoms. The van der Waals surface area contributed by atoms with Crippen LogP contribution in [0.3, 0.4) is 0 Å². The van der Waals surface area contributed by atoms with Gasteiger partial charge in [-0.2, -0.15) is 0 Å². The van der Waals surface area contributed by atoms with Gasteiger partial charge >= 0.3 is 0 Å². The molecule has 0 unspecified atom stereocenters. The second-order valence-electron chi connectivity index (χ2n) is 15.0. The molecule has 4 nitrogen and oxygen atoms in total. The van der Waals surface area contributed by atoms with Gasteiger partial charge in [-0.05, 0) is 109 Å². The second kappa shape index (κ2) is 12.9. The van der Waals surface area contributed by atoms with E-state index < -0.39 is 0 Å². The fraction of sp³-hybridized carbons (Fsp3) is 0. The molecule has 9 aromatic carbocycles. The summed E-state index contributed by atoms with van der Waals surface area (Å²) in [5, 5.41) is 7.32. The van der Waals surface area contributed by atoms with Crippen molar-refractivity contribution in [2.45, 2.75) is 0 Å². The third kappa shape index (κ3) is 4.88. The Morgan fingerprint density at radius 1 is 0.224 bits per heavy atom. The van der Waals surface area contributed by atoms with E-state index in [4.69, 9.17) is 0 Å². The van der Waals surface area contributed by atoms with Crippen LogP contribution < -0.4 is 4.90 Å². The largest absolute Gasteiger partial charge is 0.310 e. The fourth-order valence-electron chi connectivity index (χ4n) is 9.31. The second-order valence-corrected chi connectivity index (χ2v) is 15.0. The number of aromatic nitrogens is 3. The molecule has 0 aliphatic carbocycles. The average Bonchev–Trinajstić information content (AvgIpc) is 3.93. The summed E-state index contributed by atoms with van der Waals surface area (Å²) in [4.78, 5) is 2.44. The summed E-state index contributed by atoms with van der Waals surface area (Å²) in [6, 6.07) is 79.2. The van der Waals surface area contributed by atoms with Gasteiger partial charge in [0.15, 0.2) is 0 Å². The first-order valence-corrected chi connectivity index (χ1v) is 19.9. The summed E-state index contributed by atoms with van der Waals surface area (Å²) in [5.41, 5.74) is 13.9. The van der Waals surface area contributed by atoms with Crippen LogP contribution in [0.25, 0.3) is 82.5 Å². The van der Waals surface area contributed by atoms with Crippen molar-refractivity contribution in [2.24, 2.45) is 0 Å². The lowest BCUT2D eigenvalue weighted by Crippen LogP contribution is -2.10. The Kier molecular flexibility index (Phi) is 7.20. The maximum Gasteiger partial charge on any atom is 0.0542 e. The first-order chi connectivity index (χ1) is 28.8. The minimum Gasteiger partial charge on any atom is -0.310 e. The first-order valence-electron chi connectivity index (χ1n) is 19.9. The van der Waals surface area contributed by atoms with Gasteiger partial charge in [0.05, 0.1) is 33.1 Å². The summed E-state index contributed by atoms with van der Waals surface area (Å²) in [6.07, 6.45) is 0. The Morgan fingerprint density at radius 2 is 0.483 bits per heavy atom. The molecule has 3 aromatic heterocycles. The van der Waals surface area contributed by atoms with Crippen molar-refractivity contribution in [3.8, 4) is 17.1 Å². The molecule has 0 bridgehead atoms. The number of benzene rings is 9. The minimum atomic E-state index is 1.10. The van der Waals surface area contributed by atoms with Gasteiger partial charge in [-0.1, -0.05) is 109 Å². The smallest absolute Gasteiger partial charge is 0.0542 e. The number of anilines is 3. The molecule has 3 heterocycles. The number of rotatable bonds is 6. The van der Waals surface area contributed by atoms with Crippen molar-refractivity contribution in [3.05, 3.63) is 218 Å². The highest BCUT2D eigenvalue weighted by Crippen LogP contribution is 2.44. The van der Waals surface area contributed by atoms with Crippen LogP contribution in [0, 0.1) is 0 Å². The predicted molar refractivity (Wildman–Crippen MR) is 244 cm³/mol. The van der Waals surface area contributed by atoms with Gasteiger partial charge in [0, 0.05) is 66.4 Å². The van der Waals surface area contributed by atoms with Gasteiger partial charge in [-0.3, -0.25) is 0 Å². The molecule has 0 N–H and O–H groups in total. The zero-order valence-electron chi connectivity index (χ0n) is 31.6. The highest BCUT2D eigenvalue weighted by molar-refractivity contribution is 6.14. The lowest BCUT2D eigenvalue weighted by Gasteiger charge is -2.26. The molecule has 0 aliphatic heterocycles. The molecule has 0 radical (unpaired) electrons. The Balaban J connectivity index is 1.13. The van der Waals surface area contributed by atoms with E-state index in [2.05, 4.69) is 237 Å². The maximum absolute atomic E-state index is 2.44. The van der Waals surface area contributed by atoms with Gasteiger partial charge in [0.2, 0.25) is 0 Å². The molecule has 58 heavy (non-hydrogen) atoms. The molecule has 0 fully saturated rings. The molecule has 12 aromatic rings. The minimum absolute atomic E-state index is 1.10. The van der Waals surface area contributed by atoms with Crippen LogP contribution in [0.15, 0.2) is 218 Å². The summed E-state index contributed by atoms with van der Waals surface area (Å²) < 4.78 is 7.15. The van der Waals surface area contributed by atoms with Gasteiger partial charge in [0.1, 0.15) is 0 Å². The van der Waals surface area contributed by atoms with Crippen LogP contribution in [-0.2, 0) is 0 Å². The molecule has 12 rings (SSSR count). The Hall–Kier alpha value is -7.82. The molecule has 0 saturated heterocycles. The monoisotopic (exact) mass is 740 g/mol. The summed E-state index contributed by atoms with van der Waals surface area (Å²) in [6.45, 7) is 0. The number of fused-ring (bicyclic) bond motifs is 9. The summed E-state index contributed by atoms with van der Waals surface area (Å²) in [7, 11) is 0. The lowest BCUT2D eigenvalue weighted by molar-refractivity contribution is 1.18. The Bertz CT molecular complexity index is 3130. The number of hydrogen-bond acceptors (Lipinski definition) is 1. The zero-order chi connectivity index (χ0) is 38.2. The third-order valence-electron chi connectivity index (χ3n) is 11.8. The standard InChI is InChI=1S/C54H36N4/c1-4-16-37(17-5-1)56-49-25-13-10-22-43(49)46-34-40(28-31-52(46)56)55(41-29-32-53-47(35-41)44-23-11-14-26-50(44)57(53)38-18-6-2-7-19-38)42-30-33-54-48(36-42)45-24-12-15-27-51(45)58(54)39-20-8-3-9-21-39/h1-36H. The highest BCUT2D eigenvalue weighted by Gasteiger charge is 2.21. The van der Waals surface area contributed by atoms with Crippen LogP contribution in [0.1, 0.15) is 0 Å². The molecular weight excluding hydrogens is 705 g/mol. The molecule has 0 aliphatic rings. The average molecular weight is 741 g/mol. The first kappa shape index (κ1) is 32.4. The molecule has 0 saturated carbocycles. The van der Waals surface area contributed by atoms with Crippen LogP contribution in [-0.4, -0.2) is 13.7 Å². The van der Waals surface area contributed by atoms with E-state index in [1.165, 1.54) is 65.4 Å². The number of para-hydroxylation sites is 6. The molecule has 0 amide bonds. The van der Waals surface area contributed by atoms with E-state index >= 15 is 0 Å². The van der Waals surface area contributed by atoms with Crippen molar-refractivity contribution in [2.75, 3.05) is 4.90 Å². The van der Waals surface area contributed by atoms with E-state index in [1.807, 2.05) is 0 Å². The van der Waals surface area contributed by atoms with Crippen molar-refractivity contribution >= 4 is 82.5 Å². The maximum atomic E-state index is 2.44. The Labute approximate surface area is 335 Å². The van der Waals surface area contributed by atoms with E-state index in [0.29, 0.717) is 0 Å². The molecule has 0 atom stereocenters. The van der Waals surface area contributed by atoms with E-state index in [1.54, 1.807) is 0 Å². The summed E-state index contributed by atoms with van der Waals surface area (Å²) in [5.74, 6) is 0. The molecule has 272 valence electrons. The number of hydrogen-bond donors (Lipinski definition) is 0. The van der Waals surface area contributed by atoms with Gasteiger partial charge in [-0.25, -0.2) is 0 Å². The molecule has 4 heteroatoms. The van der Waals surface area contributed by atoms with Gasteiger partial charge in [0.25, 0.3) is 0 Å². The van der Waals surface area contributed by atoms with Crippen LogP contribution in [0.2, 0.25) is 0 Å². The molecular formula is C54H36N4. The van der Waals surface area contributed by atoms with Gasteiger partial charge in [-0.15, -0.1) is 0 Å². The zero-order valence-corrected chi connectivity index (χ0v) is 31.6. The van der Waals surface area contributed by atoms with Crippen molar-refractivity contribution in [3.63, 3.8) is 0 Å². The van der Waals surface area contributed by atoms with E-state index in [0.717, 1.165) is 34.1 Å². The van der Waals surface area contributed by atoms with Crippen molar-refractivity contribution in [1.82, 2.24) is 13.7 Å². The topological polar surface area (TPSA) is 18.0 Å². The highest BCUT2D eigenvalue weighted by atomic mass is 15.1. The van der Waals surface area contributed by atoms with Crippen LogP contribution in [0.4, 0.5) is 17.1 Å². The lowest BCUT2D eigenvalue weighted by atomic mass is 10.1. The fourth-order valence-corrected chi connectivity index (χ4v) is 9.31. The van der Waals surface area contributed by atoms with Crippen molar-refractivity contribution in [1.29, 1.82) is 0 Å². The predicted octanol–water partition coefficient (Wildman–Crippen LogP) is 14.4.